The molecular formula is C41H44NSi+. The highest BCUT2D eigenvalue weighted by molar-refractivity contribution is 6.88. The molecule has 1 nitrogen and oxygen atoms in total. The second kappa shape index (κ2) is 10.9. The van der Waals surface area contributed by atoms with Gasteiger partial charge in [0.2, 0.25) is 5.69 Å². The predicted octanol–water partition coefficient (Wildman–Crippen LogP) is 9.80. The van der Waals surface area contributed by atoms with Crippen LogP contribution in [0.3, 0.4) is 0 Å². The topological polar surface area (TPSA) is 3.88 Å². The molecule has 0 radical (unpaired) electrons. The molecule has 2 heteroatoms. The molecule has 1 unspecified atom stereocenters. The minimum absolute atomic E-state index is 0.0989. The number of rotatable bonds is 7. The summed E-state index contributed by atoms with van der Waals surface area (Å²) in [6.07, 6.45) is 6.49. The van der Waals surface area contributed by atoms with Crippen molar-refractivity contribution in [2.45, 2.75) is 64.2 Å². The molecule has 1 atom stereocenters. The SMILES string of the molecule is C=Cc1ccccc1-c1ccccc1CCC1(C)c2ccc(-c3ccccc3)cc2-c2ccc([Si](C)(C)C)c[n+]2C1(C)C. The van der Waals surface area contributed by atoms with Gasteiger partial charge < -0.3 is 0 Å². The van der Waals surface area contributed by atoms with Crippen molar-refractivity contribution < 1.29 is 4.57 Å². The largest absolute Gasteiger partial charge is 0.213 e. The first-order valence-electron chi connectivity index (χ1n) is 15.6. The van der Waals surface area contributed by atoms with Gasteiger partial charge in [0.15, 0.2) is 11.7 Å². The average Bonchev–Trinajstić information content (AvgIpc) is 3.02. The highest BCUT2D eigenvalue weighted by Gasteiger charge is 2.55. The van der Waals surface area contributed by atoms with Crippen LogP contribution in [0.5, 0.6) is 0 Å². The summed E-state index contributed by atoms with van der Waals surface area (Å²) in [5, 5.41) is 1.50. The van der Waals surface area contributed by atoms with Crippen molar-refractivity contribution in [1.29, 1.82) is 0 Å². The molecule has 0 aliphatic carbocycles. The second-order valence-corrected chi connectivity index (χ2v) is 19.0. The lowest BCUT2D eigenvalue weighted by molar-refractivity contribution is -0.760. The molecule has 0 fully saturated rings. The molecule has 0 saturated heterocycles. The van der Waals surface area contributed by atoms with E-state index in [1.165, 1.54) is 55.4 Å². The van der Waals surface area contributed by atoms with Gasteiger partial charge in [-0.3, -0.25) is 0 Å². The molecule has 5 aromatic rings. The molecule has 6 rings (SSSR count). The summed E-state index contributed by atoms with van der Waals surface area (Å²) in [5.41, 5.74) is 11.6. The zero-order valence-corrected chi connectivity index (χ0v) is 27.6. The summed E-state index contributed by atoms with van der Waals surface area (Å²) in [7, 11) is -1.51. The molecule has 216 valence electrons. The van der Waals surface area contributed by atoms with Gasteiger partial charge in [0.05, 0.1) is 19.1 Å². The zero-order chi connectivity index (χ0) is 30.4. The van der Waals surface area contributed by atoms with Crippen LogP contribution in [0.15, 0.2) is 122 Å². The van der Waals surface area contributed by atoms with Crippen molar-refractivity contribution in [2.75, 3.05) is 0 Å². The molecule has 1 aromatic heterocycles. The van der Waals surface area contributed by atoms with Crippen LogP contribution in [0.4, 0.5) is 0 Å². The summed E-state index contributed by atoms with van der Waals surface area (Å²) in [6, 6.07) is 40.3. The Morgan fingerprint density at radius 3 is 2.09 bits per heavy atom. The highest BCUT2D eigenvalue weighted by Crippen LogP contribution is 2.49. The summed E-state index contributed by atoms with van der Waals surface area (Å²) >= 11 is 0. The molecule has 1 aliphatic rings. The second-order valence-electron chi connectivity index (χ2n) is 13.9. The summed E-state index contributed by atoms with van der Waals surface area (Å²) in [5.74, 6) is 0. The zero-order valence-electron chi connectivity index (χ0n) is 26.6. The summed E-state index contributed by atoms with van der Waals surface area (Å²) in [6.45, 7) is 18.9. The van der Waals surface area contributed by atoms with Crippen molar-refractivity contribution >= 4 is 19.3 Å². The third-order valence-electron chi connectivity index (χ3n) is 10.1. The van der Waals surface area contributed by atoms with Crippen molar-refractivity contribution in [1.82, 2.24) is 0 Å². The smallest absolute Gasteiger partial charge is 0.193 e. The van der Waals surface area contributed by atoms with E-state index in [1.54, 1.807) is 0 Å². The van der Waals surface area contributed by atoms with E-state index < -0.39 is 8.07 Å². The molecule has 1 aliphatic heterocycles. The van der Waals surface area contributed by atoms with Crippen LogP contribution < -0.4 is 9.75 Å². The van der Waals surface area contributed by atoms with Gasteiger partial charge in [-0.15, -0.1) is 0 Å². The van der Waals surface area contributed by atoms with Crippen LogP contribution in [0.2, 0.25) is 19.6 Å². The van der Waals surface area contributed by atoms with E-state index in [4.69, 9.17) is 0 Å². The molecule has 4 aromatic carbocycles. The lowest BCUT2D eigenvalue weighted by Gasteiger charge is -2.45. The molecule has 0 amide bonds. The quantitative estimate of drug-likeness (QED) is 0.134. The number of aryl methyl sites for hydroxylation is 1. The third kappa shape index (κ3) is 5.02. The van der Waals surface area contributed by atoms with Crippen LogP contribution in [0.25, 0.3) is 39.6 Å². The van der Waals surface area contributed by atoms with Gasteiger partial charge in [-0.05, 0) is 64.8 Å². The molecule has 0 saturated carbocycles. The van der Waals surface area contributed by atoms with Gasteiger partial charge in [-0.25, -0.2) is 0 Å². The van der Waals surface area contributed by atoms with Crippen LogP contribution in [0.1, 0.15) is 43.9 Å². The molecule has 2 heterocycles. The van der Waals surface area contributed by atoms with E-state index in [9.17, 15) is 0 Å². The van der Waals surface area contributed by atoms with Crippen LogP contribution in [-0.2, 0) is 17.4 Å². The molecule has 0 bridgehead atoms. The first kappa shape index (κ1) is 29.1. The fraction of sp³-hybridized carbons (Fsp3) is 0.244. The Hall–Kier alpha value is -4.01. The lowest BCUT2D eigenvalue weighted by atomic mass is 9.61. The van der Waals surface area contributed by atoms with Gasteiger partial charge in [0, 0.05) is 25.1 Å². The maximum absolute atomic E-state index is 4.10. The van der Waals surface area contributed by atoms with E-state index in [0.29, 0.717) is 0 Å². The Balaban J connectivity index is 1.50. The molecular weight excluding hydrogens is 535 g/mol. The van der Waals surface area contributed by atoms with E-state index in [-0.39, 0.29) is 11.0 Å². The Morgan fingerprint density at radius 2 is 1.37 bits per heavy atom. The maximum atomic E-state index is 4.10. The Labute approximate surface area is 259 Å². The monoisotopic (exact) mass is 578 g/mol. The van der Waals surface area contributed by atoms with Gasteiger partial charge in [-0.1, -0.05) is 129 Å². The van der Waals surface area contributed by atoms with Crippen LogP contribution in [-0.4, -0.2) is 8.07 Å². The highest BCUT2D eigenvalue weighted by atomic mass is 28.3. The predicted molar refractivity (Wildman–Crippen MR) is 187 cm³/mol. The van der Waals surface area contributed by atoms with Crippen molar-refractivity contribution in [3.8, 4) is 33.5 Å². The number of fused-ring (bicyclic) bond motifs is 3. The third-order valence-corrected chi connectivity index (χ3v) is 12.2. The van der Waals surface area contributed by atoms with E-state index >= 15 is 0 Å². The fourth-order valence-electron chi connectivity index (χ4n) is 7.02. The Kier molecular flexibility index (Phi) is 7.38. The number of hydrogen-bond donors (Lipinski definition) is 0. The number of hydrogen-bond acceptors (Lipinski definition) is 0. The van der Waals surface area contributed by atoms with Gasteiger partial charge in [0.25, 0.3) is 0 Å². The number of benzene rings is 4. The Morgan fingerprint density at radius 1 is 0.698 bits per heavy atom. The molecule has 0 N–H and O–H groups in total. The lowest BCUT2D eigenvalue weighted by Crippen LogP contribution is -2.67. The van der Waals surface area contributed by atoms with E-state index in [0.717, 1.165) is 12.8 Å². The normalized spacial score (nSPS) is 17.2. The van der Waals surface area contributed by atoms with Crippen LogP contribution in [0, 0.1) is 0 Å². The van der Waals surface area contributed by atoms with Crippen molar-refractivity contribution in [2.24, 2.45) is 0 Å². The molecule has 43 heavy (non-hydrogen) atoms. The number of aromatic nitrogens is 1. The fourth-order valence-corrected chi connectivity index (χ4v) is 8.12. The number of pyridine rings is 1. The van der Waals surface area contributed by atoms with Crippen molar-refractivity contribution in [3.63, 3.8) is 0 Å². The maximum Gasteiger partial charge on any atom is 0.213 e. The minimum atomic E-state index is -1.51. The summed E-state index contributed by atoms with van der Waals surface area (Å²) in [4.78, 5) is 0. The van der Waals surface area contributed by atoms with Gasteiger partial charge >= 0.3 is 0 Å². The van der Waals surface area contributed by atoms with Crippen LogP contribution >= 0.6 is 0 Å². The first-order valence-corrected chi connectivity index (χ1v) is 19.1. The first-order chi connectivity index (χ1) is 20.5. The number of nitrogens with zero attached hydrogens (tertiary/aromatic N) is 1. The van der Waals surface area contributed by atoms with E-state index in [1.807, 2.05) is 6.08 Å². The Bertz CT molecular complexity index is 1810. The average molecular weight is 579 g/mol. The minimum Gasteiger partial charge on any atom is -0.193 e. The standard InChI is InChI=1S/C41H44NSi/c1-8-30-16-12-14-20-35(30)36-21-15-13-19-32(36)26-27-41(4)38-24-22-33(31-17-10-9-11-18-31)28-37(38)39-25-23-34(43(5,6)7)29-42(39)40(41,2)3/h8-25,28-29H,1,26-27H2,2-7H3/q+1. The molecule has 0 spiro atoms. The van der Waals surface area contributed by atoms with E-state index in [2.05, 4.69) is 167 Å². The van der Waals surface area contributed by atoms with Gasteiger partial charge in [-0.2, -0.15) is 4.57 Å². The van der Waals surface area contributed by atoms with Crippen molar-refractivity contribution in [3.05, 3.63) is 139 Å². The summed E-state index contributed by atoms with van der Waals surface area (Å²) < 4.78 is 2.62. The van der Waals surface area contributed by atoms with Gasteiger partial charge in [0.1, 0.15) is 0 Å².